The number of rotatable bonds is 2. The van der Waals surface area contributed by atoms with Gasteiger partial charge >= 0.3 is 0 Å². The van der Waals surface area contributed by atoms with E-state index >= 15 is 0 Å². The van der Waals surface area contributed by atoms with Crippen molar-refractivity contribution in [2.24, 2.45) is 11.3 Å². The number of hydrogen-bond acceptors (Lipinski definition) is 2. The molecule has 0 saturated carbocycles. The molecule has 2 rings (SSSR count). The van der Waals surface area contributed by atoms with Crippen LogP contribution in [0, 0.1) is 18.3 Å². The minimum Gasteiger partial charge on any atom is -0.348 e. The second-order valence-electron chi connectivity index (χ2n) is 6.34. The van der Waals surface area contributed by atoms with Crippen LogP contribution in [0.5, 0.6) is 0 Å². The third kappa shape index (κ3) is 2.76. The molecule has 1 aromatic rings. The first-order chi connectivity index (χ1) is 8.40. The van der Waals surface area contributed by atoms with E-state index in [1.54, 1.807) is 0 Å². The monoisotopic (exact) mass is 248 g/mol. The lowest BCUT2D eigenvalue weighted by molar-refractivity contribution is -0.274. The first-order valence-corrected chi connectivity index (χ1v) is 6.74. The minimum absolute atomic E-state index is 0.0787. The molecular formula is C16H24O2. The summed E-state index contributed by atoms with van der Waals surface area (Å²) in [5, 5.41) is 0. The maximum Gasteiger partial charge on any atom is 0.184 e. The largest absolute Gasteiger partial charge is 0.348 e. The molecular weight excluding hydrogens is 224 g/mol. The van der Waals surface area contributed by atoms with E-state index in [-0.39, 0.29) is 17.8 Å². The van der Waals surface area contributed by atoms with Crippen molar-refractivity contribution in [3.05, 3.63) is 35.4 Å². The molecule has 2 nitrogen and oxygen atoms in total. The van der Waals surface area contributed by atoms with Gasteiger partial charge in [-0.1, -0.05) is 57.5 Å². The van der Waals surface area contributed by atoms with Crippen molar-refractivity contribution in [2.45, 2.75) is 47.0 Å². The van der Waals surface area contributed by atoms with Crippen LogP contribution in [0.1, 0.15) is 45.1 Å². The summed E-state index contributed by atoms with van der Waals surface area (Å²) >= 11 is 0. The highest BCUT2D eigenvalue weighted by Crippen LogP contribution is 2.39. The lowest BCUT2D eigenvalue weighted by Gasteiger charge is -2.44. The van der Waals surface area contributed by atoms with Gasteiger partial charge in [0.2, 0.25) is 0 Å². The van der Waals surface area contributed by atoms with Gasteiger partial charge in [0.1, 0.15) is 0 Å². The Kier molecular flexibility index (Phi) is 3.79. The molecule has 2 heteroatoms. The topological polar surface area (TPSA) is 18.5 Å². The maximum atomic E-state index is 6.17. The Labute approximate surface area is 110 Å². The molecule has 1 aromatic carbocycles. The number of hydrogen-bond donors (Lipinski definition) is 0. The zero-order chi connectivity index (χ0) is 13.3. The zero-order valence-electron chi connectivity index (χ0n) is 12.1. The molecule has 2 atom stereocenters. The first kappa shape index (κ1) is 13.6. The van der Waals surface area contributed by atoms with Crippen LogP contribution in [0.3, 0.4) is 0 Å². The van der Waals surface area contributed by atoms with Crippen molar-refractivity contribution in [1.29, 1.82) is 0 Å². The lowest BCUT2D eigenvalue weighted by Crippen LogP contribution is -2.45. The van der Waals surface area contributed by atoms with E-state index in [2.05, 4.69) is 58.9 Å². The van der Waals surface area contributed by atoms with Crippen molar-refractivity contribution in [3.8, 4) is 0 Å². The van der Waals surface area contributed by atoms with Crippen molar-refractivity contribution < 1.29 is 9.47 Å². The van der Waals surface area contributed by atoms with Gasteiger partial charge in [0, 0.05) is 11.0 Å². The van der Waals surface area contributed by atoms with Crippen LogP contribution in [0.4, 0.5) is 0 Å². The summed E-state index contributed by atoms with van der Waals surface area (Å²) in [5.41, 5.74) is 2.45. The standard InChI is InChI=1S/C16H24O2/c1-11(2)14-16(4,5)10-17-15(18-14)13-8-6-12(3)7-9-13/h6-9,11,14-15H,10H2,1-5H3. The van der Waals surface area contributed by atoms with E-state index in [0.29, 0.717) is 5.92 Å². The number of benzene rings is 1. The van der Waals surface area contributed by atoms with Crippen molar-refractivity contribution in [3.63, 3.8) is 0 Å². The van der Waals surface area contributed by atoms with E-state index in [1.165, 1.54) is 5.56 Å². The predicted octanol–water partition coefficient (Wildman–Crippen LogP) is 4.09. The fourth-order valence-corrected chi connectivity index (χ4v) is 2.69. The van der Waals surface area contributed by atoms with E-state index < -0.39 is 0 Å². The summed E-state index contributed by atoms with van der Waals surface area (Å²) in [4.78, 5) is 0. The van der Waals surface area contributed by atoms with Gasteiger partial charge < -0.3 is 9.47 Å². The van der Waals surface area contributed by atoms with E-state index in [0.717, 1.165) is 12.2 Å². The quantitative estimate of drug-likeness (QED) is 0.784. The van der Waals surface area contributed by atoms with Crippen LogP contribution < -0.4 is 0 Å². The Hall–Kier alpha value is -0.860. The Morgan fingerprint density at radius 2 is 1.78 bits per heavy atom. The van der Waals surface area contributed by atoms with Crippen molar-refractivity contribution in [2.75, 3.05) is 6.61 Å². The molecule has 1 heterocycles. The Morgan fingerprint density at radius 1 is 1.17 bits per heavy atom. The van der Waals surface area contributed by atoms with Gasteiger partial charge in [-0.05, 0) is 12.8 Å². The molecule has 0 radical (unpaired) electrons. The Morgan fingerprint density at radius 3 is 2.33 bits per heavy atom. The van der Waals surface area contributed by atoms with Gasteiger partial charge in [0.25, 0.3) is 0 Å². The summed E-state index contributed by atoms with van der Waals surface area (Å²) in [6.45, 7) is 11.7. The molecule has 0 N–H and O–H groups in total. The van der Waals surface area contributed by atoms with Gasteiger partial charge in [0.05, 0.1) is 12.7 Å². The minimum atomic E-state index is -0.217. The van der Waals surface area contributed by atoms with E-state index in [4.69, 9.17) is 9.47 Å². The lowest BCUT2D eigenvalue weighted by atomic mass is 9.80. The van der Waals surface area contributed by atoms with Crippen LogP contribution in [0.2, 0.25) is 0 Å². The van der Waals surface area contributed by atoms with Crippen LogP contribution in [-0.4, -0.2) is 12.7 Å². The number of aryl methyl sites for hydroxylation is 1. The Balaban J connectivity index is 2.15. The van der Waals surface area contributed by atoms with Crippen LogP contribution in [0.25, 0.3) is 0 Å². The third-order valence-electron chi connectivity index (χ3n) is 3.60. The number of ether oxygens (including phenoxy) is 2. The van der Waals surface area contributed by atoms with E-state index in [9.17, 15) is 0 Å². The van der Waals surface area contributed by atoms with Gasteiger partial charge in [-0.15, -0.1) is 0 Å². The highest BCUT2D eigenvalue weighted by Gasteiger charge is 2.40. The molecule has 0 amide bonds. The maximum absolute atomic E-state index is 6.17. The molecule has 1 fully saturated rings. The second kappa shape index (κ2) is 5.02. The zero-order valence-corrected chi connectivity index (χ0v) is 12.1. The van der Waals surface area contributed by atoms with Crippen LogP contribution in [0.15, 0.2) is 24.3 Å². The fraction of sp³-hybridized carbons (Fsp3) is 0.625. The van der Waals surface area contributed by atoms with Gasteiger partial charge in [0.15, 0.2) is 6.29 Å². The summed E-state index contributed by atoms with van der Waals surface area (Å²) in [6, 6.07) is 8.39. The first-order valence-electron chi connectivity index (χ1n) is 6.74. The molecule has 1 saturated heterocycles. The molecule has 0 spiro atoms. The molecule has 0 aromatic heterocycles. The molecule has 1 aliphatic heterocycles. The molecule has 2 unspecified atom stereocenters. The van der Waals surface area contributed by atoms with Crippen molar-refractivity contribution >= 4 is 0 Å². The van der Waals surface area contributed by atoms with Crippen LogP contribution in [-0.2, 0) is 9.47 Å². The molecule has 1 aliphatic rings. The summed E-state index contributed by atoms with van der Waals surface area (Å²) in [6.07, 6.45) is 0.0172. The van der Waals surface area contributed by atoms with Crippen molar-refractivity contribution in [1.82, 2.24) is 0 Å². The van der Waals surface area contributed by atoms with Gasteiger partial charge in [-0.2, -0.15) is 0 Å². The average molecular weight is 248 g/mol. The molecule has 18 heavy (non-hydrogen) atoms. The fourth-order valence-electron chi connectivity index (χ4n) is 2.69. The highest BCUT2D eigenvalue weighted by molar-refractivity contribution is 5.22. The summed E-state index contributed by atoms with van der Waals surface area (Å²) in [7, 11) is 0. The normalized spacial score (nSPS) is 27.4. The summed E-state index contributed by atoms with van der Waals surface area (Å²) in [5.74, 6) is 0.497. The Bertz CT molecular complexity index is 392. The van der Waals surface area contributed by atoms with Crippen LogP contribution >= 0.6 is 0 Å². The van der Waals surface area contributed by atoms with E-state index in [1.807, 2.05) is 0 Å². The predicted molar refractivity (Wildman–Crippen MR) is 73.4 cm³/mol. The smallest absolute Gasteiger partial charge is 0.184 e. The molecule has 0 bridgehead atoms. The average Bonchev–Trinajstić information content (AvgIpc) is 2.29. The highest BCUT2D eigenvalue weighted by atomic mass is 16.7. The summed E-state index contributed by atoms with van der Waals surface area (Å²) < 4.78 is 12.0. The third-order valence-corrected chi connectivity index (χ3v) is 3.60. The second-order valence-corrected chi connectivity index (χ2v) is 6.34. The molecule has 100 valence electrons. The van der Waals surface area contributed by atoms with Gasteiger partial charge in [-0.3, -0.25) is 0 Å². The van der Waals surface area contributed by atoms with Gasteiger partial charge in [-0.25, -0.2) is 0 Å². The molecule has 0 aliphatic carbocycles. The SMILES string of the molecule is Cc1ccc(C2OCC(C)(C)C(C(C)C)O2)cc1.